The van der Waals surface area contributed by atoms with Crippen molar-refractivity contribution < 1.29 is 0 Å². The zero-order valence-corrected chi connectivity index (χ0v) is 23.0. The van der Waals surface area contributed by atoms with Crippen molar-refractivity contribution in [2.45, 2.75) is 19.8 Å². The summed E-state index contributed by atoms with van der Waals surface area (Å²) in [6, 6.07) is 6.30. The van der Waals surface area contributed by atoms with Crippen LogP contribution in [0.25, 0.3) is 38.9 Å². The van der Waals surface area contributed by atoms with Gasteiger partial charge < -0.3 is 19.7 Å². The molecule has 4 aromatic heterocycles. The summed E-state index contributed by atoms with van der Waals surface area (Å²) in [5, 5.41) is 8.99. The van der Waals surface area contributed by atoms with Crippen LogP contribution >= 0.6 is 0 Å². The lowest BCUT2D eigenvalue weighted by Gasteiger charge is -2.34. The van der Waals surface area contributed by atoms with E-state index in [4.69, 9.17) is 4.98 Å². The molecule has 0 atom stereocenters. The molecule has 1 fully saturated rings. The van der Waals surface area contributed by atoms with Gasteiger partial charge in [-0.05, 0) is 82.9 Å². The number of anilines is 1. The van der Waals surface area contributed by atoms with Crippen LogP contribution in [-0.4, -0.2) is 88.8 Å². The number of rotatable bonds is 9. The largest absolute Gasteiger partial charge is 0.367 e. The number of pyridine rings is 2. The van der Waals surface area contributed by atoms with Crippen molar-refractivity contribution in [3.63, 3.8) is 0 Å². The van der Waals surface area contributed by atoms with E-state index in [2.05, 4.69) is 99.9 Å². The second-order valence-corrected chi connectivity index (χ2v) is 10.3. The number of hydrogen-bond donors (Lipinski definition) is 2. The average molecular weight is 511 g/mol. The Balaban J connectivity index is 1.47. The minimum absolute atomic E-state index is 0.816. The smallest absolute Gasteiger partial charge is 0.135 e. The maximum atomic E-state index is 5.07. The highest BCUT2D eigenvalue weighted by Crippen LogP contribution is 2.33. The first kappa shape index (κ1) is 25.9. The van der Waals surface area contributed by atoms with Crippen LogP contribution in [0.3, 0.4) is 0 Å². The number of aromatic nitrogens is 5. The molecule has 5 rings (SSSR count). The first-order valence-corrected chi connectivity index (χ1v) is 13.4. The number of allylic oxidation sites excluding steroid dienone is 5. The highest BCUT2D eigenvalue weighted by atomic mass is 15.3. The van der Waals surface area contributed by atoms with Gasteiger partial charge in [0.2, 0.25) is 0 Å². The third kappa shape index (κ3) is 5.42. The van der Waals surface area contributed by atoms with Crippen molar-refractivity contribution in [1.29, 1.82) is 0 Å². The van der Waals surface area contributed by atoms with Crippen LogP contribution in [0.4, 0.5) is 5.69 Å². The van der Waals surface area contributed by atoms with E-state index in [1.165, 1.54) is 11.3 Å². The zero-order chi connectivity index (χ0) is 26.6. The molecule has 198 valence electrons. The Hall–Kier alpha value is -3.75. The van der Waals surface area contributed by atoms with Crippen LogP contribution in [0.2, 0.25) is 0 Å². The normalized spacial score (nSPS) is 15.8. The lowest BCUT2D eigenvalue weighted by atomic mass is 10.0. The van der Waals surface area contributed by atoms with Gasteiger partial charge in [-0.3, -0.25) is 10.1 Å². The minimum Gasteiger partial charge on any atom is -0.367 e. The van der Waals surface area contributed by atoms with Gasteiger partial charge in [0.1, 0.15) is 11.2 Å². The summed E-state index contributed by atoms with van der Waals surface area (Å²) >= 11 is 0. The standard InChI is InChI=1S/C30H38N8/c1-6-21(9-8-12-36(3)4)17-22(7-2)24-10-11-25-29(33-24)30(35-34-25)26-18-23-27(32-26)19-31-20-28(23)38-15-13-37(5)14-16-38/h6-7,10-11,17-20,32H,1,8-9,12-16H2,2-5H3,(H,34,35)/b21-17+,22-7+. The summed E-state index contributed by atoms with van der Waals surface area (Å²) in [5.74, 6) is 0. The van der Waals surface area contributed by atoms with Crippen LogP contribution in [-0.2, 0) is 0 Å². The molecular formula is C30H38N8. The number of H-pyrrole nitrogens is 2. The number of nitrogens with one attached hydrogen (secondary N) is 2. The minimum atomic E-state index is 0.816. The quantitative estimate of drug-likeness (QED) is 0.305. The fourth-order valence-corrected chi connectivity index (χ4v) is 5.05. The van der Waals surface area contributed by atoms with Crippen molar-refractivity contribution in [3.8, 4) is 11.4 Å². The zero-order valence-electron chi connectivity index (χ0n) is 23.0. The molecule has 4 aromatic rings. The second-order valence-electron chi connectivity index (χ2n) is 10.3. The number of likely N-dealkylation sites (N-methyl/N-ethyl adjacent to an activating group) is 1. The number of aromatic amines is 2. The van der Waals surface area contributed by atoms with Crippen molar-refractivity contribution in [1.82, 2.24) is 34.9 Å². The maximum absolute atomic E-state index is 5.07. The van der Waals surface area contributed by atoms with E-state index >= 15 is 0 Å². The molecule has 0 aliphatic carbocycles. The Labute approximate surface area is 224 Å². The molecule has 1 aliphatic heterocycles. The number of hydrogen-bond acceptors (Lipinski definition) is 6. The van der Waals surface area contributed by atoms with Crippen LogP contribution in [0.1, 0.15) is 25.5 Å². The lowest BCUT2D eigenvalue weighted by molar-refractivity contribution is 0.313. The lowest BCUT2D eigenvalue weighted by Crippen LogP contribution is -2.44. The fourth-order valence-electron chi connectivity index (χ4n) is 5.05. The highest BCUT2D eigenvalue weighted by molar-refractivity contribution is 5.98. The van der Waals surface area contributed by atoms with Gasteiger partial charge in [0.25, 0.3) is 0 Å². The Morgan fingerprint density at radius 3 is 2.68 bits per heavy atom. The number of fused-ring (bicyclic) bond motifs is 2. The Bertz CT molecular complexity index is 1480. The topological polar surface area (TPSA) is 80.0 Å². The molecule has 0 radical (unpaired) electrons. The summed E-state index contributed by atoms with van der Waals surface area (Å²) in [7, 11) is 6.38. The van der Waals surface area contributed by atoms with E-state index in [9.17, 15) is 0 Å². The third-order valence-electron chi connectivity index (χ3n) is 7.31. The Morgan fingerprint density at radius 1 is 1.13 bits per heavy atom. The van der Waals surface area contributed by atoms with Crippen LogP contribution in [0, 0.1) is 0 Å². The monoisotopic (exact) mass is 510 g/mol. The van der Waals surface area contributed by atoms with E-state index in [0.29, 0.717) is 0 Å². The highest BCUT2D eigenvalue weighted by Gasteiger charge is 2.20. The van der Waals surface area contributed by atoms with Crippen LogP contribution in [0.5, 0.6) is 0 Å². The van der Waals surface area contributed by atoms with Gasteiger partial charge in [-0.2, -0.15) is 5.10 Å². The molecule has 0 spiro atoms. The fraction of sp³-hybridized carbons (Fsp3) is 0.367. The first-order valence-electron chi connectivity index (χ1n) is 13.4. The molecule has 38 heavy (non-hydrogen) atoms. The van der Waals surface area contributed by atoms with Gasteiger partial charge in [-0.1, -0.05) is 18.7 Å². The van der Waals surface area contributed by atoms with Crippen LogP contribution in [0.15, 0.2) is 61.0 Å². The molecule has 0 amide bonds. The van der Waals surface area contributed by atoms with E-state index in [1.54, 1.807) is 0 Å². The van der Waals surface area contributed by atoms with E-state index in [0.717, 1.165) is 90.2 Å². The van der Waals surface area contributed by atoms with Crippen molar-refractivity contribution in [2.75, 3.05) is 58.8 Å². The molecule has 1 aliphatic rings. The molecule has 5 heterocycles. The molecule has 8 heteroatoms. The molecule has 0 saturated carbocycles. The summed E-state index contributed by atoms with van der Waals surface area (Å²) in [6.45, 7) is 11.2. The van der Waals surface area contributed by atoms with Gasteiger partial charge in [0.15, 0.2) is 0 Å². The Morgan fingerprint density at radius 2 is 1.95 bits per heavy atom. The van der Waals surface area contributed by atoms with Crippen molar-refractivity contribution in [3.05, 3.63) is 66.7 Å². The van der Waals surface area contributed by atoms with Gasteiger partial charge in [0.05, 0.1) is 40.5 Å². The van der Waals surface area contributed by atoms with Gasteiger partial charge in [0, 0.05) is 31.6 Å². The Kier molecular flexibility index (Phi) is 7.72. The molecular weight excluding hydrogens is 472 g/mol. The van der Waals surface area contributed by atoms with Crippen LogP contribution < -0.4 is 4.90 Å². The summed E-state index contributed by atoms with van der Waals surface area (Å²) in [4.78, 5) is 20.1. The molecule has 0 aromatic carbocycles. The predicted octanol–water partition coefficient (Wildman–Crippen LogP) is 5.11. The van der Waals surface area contributed by atoms with E-state index < -0.39 is 0 Å². The predicted molar refractivity (Wildman–Crippen MR) is 158 cm³/mol. The van der Waals surface area contributed by atoms with Gasteiger partial charge >= 0.3 is 0 Å². The SMILES string of the molecule is C=C/C(=C\C(=C/C)c1ccc2[nH]nc(-c3cc4c(N5CCN(C)CC5)cncc4[nH]3)c2n1)CCCN(C)C. The number of nitrogens with zero attached hydrogens (tertiary/aromatic N) is 6. The summed E-state index contributed by atoms with van der Waals surface area (Å²) in [5.41, 5.74) is 8.91. The third-order valence-corrected chi connectivity index (χ3v) is 7.31. The average Bonchev–Trinajstić information content (AvgIpc) is 3.54. The molecule has 2 N–H and O–H groups in total. The maximum Gasteiger partial charge on any atom is 0.135 e. The summed E-state index contributed by atoms with van der Waals surface area (Å²) in [6.07, 6.45) is 12.2. The van der Waals surface area contributed by atoms with Gasteiger partial charge in [-0.15, -0.1) is 0 Å². The molecule has 0 unspecified atom stereocenters. The molecule has 0 bridgehead atoms. The summed E-state index contributed by atoms with van der Waals surface area (Å²) < 4.78 is 0. The van der Waals surface area contributed by atoms with E-state index in [-0.39, 0.29) is 0 Å². The van der Waals surface area contributed by atoms with Gasteiger partial charge in [-0.25, -0.2) is 4.98 Å². The second kappa shape index (κ2) is 11.3. The van der Waals surface area contributed by atoms with Crippen molar-refractivity contribution >= 4 is 33.2 Å². The van der Waals surface area contributed by atoms with E-state index in [1.807, 2.05) is 18.5 Å². The van der Waals surface area contributed by atoms with Crippen molar-refractivity contribution in [2.24, 2.45) is 0 Å². The number of piperazine rings is 1. The first-order chi connectivity index (χ1) is 18.5. The molecule has 1 saturated heterocycles. The molecule has 8 nitrogen and oxygen atoms in total.